The lowest BCUT2D eigenvalue weighted by Crippen LogP contribution is -2.56. The first-order valence-electron chi connectivity index (χ1n) is 11.1. The molecule has 0 aromatic heterocycles. The van der Waals surface area contributed by atoms with Crippen LogP contribution < -0.4 is 14.4 Å². The molecule has 0 N–H and O–H groups in total. The van der Waals surface area contributed by atoms with Gasteiger partial charge in [-0.15, -0.1) is 0 Å². The average Bonchev–Trinajstić information content (AvgIpc) is 3.28. The Bertz CT molecular complexity index is 928. The molecule has 31 heavy (non-hydrogen) atoms. The van der Waals surface area contributed by atoms with E-state index in [0.717, 1.165) is 74.9 Å². The van der Waals surface area contributed by atoms with E-state index >= 15 is 0 Å². The molecule has 7 heteroatoms. The highest BCUT2D eigenvalue weighted by Gasteiger charge is 2.30. The third-order valence-corrected chi connectivity index (χ3v) is 6.56. The minimum atomic E-state index is -0.199. The van der Waals surface area contributed by atoms with E-state index in [1.807, 2.05) is 35.2 Å². The lowest BCUT2D eigenvalue weighted by atomic mass is 10.0. The lowest BCUT2D eigenvalue weighted by Gasteiger charge is -2.44. The van der Waals surface area contributed by atoms with Crippen molar-refractivity contribution >= 4 is 11.6 Å². The van der Waals surface area contributed by atoms with Crippen molar-refractivity contribution in [2.45, 2.75) is 25.3 Å². The first kappa shape index (κ1) is 20.1. The van der Waals surface area contributed by atoms with Gasteiger partial charge in [-0.05, 0) is 54.8 Å². The van der Waals surface area contributed by atoms with Gasteiger partial charge in [0.2, 0.25) is 12.7 Å². The summed E-state index contributed by atoms with van der Waals surface area (Å²) in [7, 11) is 0. The monoisotopic (exact) mass is 425 g/mol. The Labute approximate surface area is 182 Å². The first-order chi connectivity index (χ1) is 15.2. The molecule has 164 valence electrons. The van der Waals surface area contributed by atoms with Crippen LogP contribution in [0.1, 0.15) is 18.4 Å². The summed E-state index contributed by atoms with van der Waals surface area (Å²) in [5, 5.41) is 0. The van der Waals surface area contributed by atoms with E-state index in [1.165, 1.54) is 12.1 Å². The summed E-state index contributed by atoms with van der Waals surface area (Å²) in [6.07, 6.45) is 2.56. The minimum Gasteiger partial charge on any atom is -0.454 e. The van der Waals surface area contributed by atoms with E-state index in [0.29, 0.717) is 12.5 Å². The van der Waals surface area contributed by atoms with Crippen LogP contribution in [0.5, 0.6) is 11.5 Å². The number of rotatable bonds is 4. The van der Waals surface area contributed by atoms with Gasteiger partial charge in [0, 0.05) is 51.0 Å². The molecule has 1 amide bonds. The second-order valence-corrected chi connectivity index (χ2v) is 8.50. The molecule has 3 aliphatic rings. The predicted molar refractivity (Wildman–Crippen MR) is 116 cm³/mol. The van der Waals surface area contributed by atoms with Crippen LogP contribution in [0, 0.1) is 5.82 Å². The number of nitrogens with zero attached hydrogens (tertiary/aromatic N) is 3. The third kappa shape index (κ3) is 4.46. The Morgan fingerprint density at radius 1 is 0.968 bits per heavy atom. The number of amides is 1. The van der Waals surface area contributed by atoms with Crippen LogP contribution in [0.2, 0.25) is 0 Å². The summed E-state index contributed by atoms with van der Waals surface area (Å²) in [6.45, 7) is 5.64. The molecule has 2 fully saturated rings. The van der Waals surface area contributed by atoms with Gasteiger partial charge in [-0.2, -0.15) is 0 Å². The highest BCUT2D eigenvalue weighted by molar-refractivity contribution is 5.79. The fourth-order valence-corrected chi connectivity index (χ4v) is 4.81. The molecule has 5 rings (SSSR count). The smallest absolute Gasteiger partial charge is 0.231 e. The van der Waals surface area contributed by atoms with Crippen LogP contribution in [0.15, 0.2) is 42.5 Å². The topological polar surface area (TPSA) is 45.3 Å². The number of ether oxygens (including phenoxy) is 2. The molecule has 0 spiro atoms. The number of likely N-dealkylation sites (tertiary alicyclic amines) is 1. The zero-order valence-electron chi connectivity index (χ0n) is 17.6. The first-order valence-corrected chi connectivity index (χ1v) is 11.1. The number of anilines is 1. The van der Waals surface area contributed by atoms with Gasteiger partial charge in [-0.1, -0.05) is 6.07 Å². The van der Waals surface area contributed by atoms with Crippen molar-refractivity contribution in [3.63, 3.8) is 0 Å². The number of fused-ring (bicyclic) bond motifs is 1. The number of halogens is 1. The van der Waals surface area contributed by atoms with E-state index < -0.39 is 0 Å². The van der Waals surface area contributed by atoms with Crippen LogP contribution in [0.4, 0.5) is 10.1 Å². The number of piperidine rings is 1. The number of carbonyl (C=O) groups excluding carboxylic acids is 1. The van der Waals surface area contributed by atoms with Crippen molar-refractivity contribution in [3.8, 4) is 11.5 Å². The van der Waals surface area contributed by atoms with E-state index in [1.54, 1.807) is 0 Å². The standard InChI is InChI=1S/C24H28FN3O3/c25-19-4-6-20(7-5-19)26-10-12-27(13-11-26)21-2-1-9-28(16-21)24(29)15-18-3-8-22-23(14-18)31-17-30-22/h3-8,14,21H,1-2,9-13,15-17H2/t21-/m0/s1. The number of benzene rings is 2. The van der Waals surface area contributed by atoms with Gasteiger partial charge < -0.3 is 19.3 Å². The molecule has 0 aliphatic carbocycles. The summed E-state index contributed by atoms with van der Waals surface area (Å²) in [4.78, 5) is 19.8. The fourth-order valence-electron chi connectivity index (χ4n) is 4.81. The molecule has 0 radical (unpaired) electrons. The van der Waals surface area contributed by atoms with E-state index in [-0.39, 0.29) is 18.5 Å². The maximum absolute atomic E-state index is 13.2. The maximum Gasteiger partial charge on any atom is 0.231 e. The molecule has 3 heterocycles. The summed E-state index contributed by atoms with van der Waals surface area (Å²) >= 11 is 0. The molecule has 0 saturated carbocycles. The Morgan fingerprint density at radius 3 is 2.55 bits per heavy atom. The van der Waals surface area contributed by atoms with Gasteiger partial charge in [-0.3, -0.25) is 9.69 Å². The van der Waals surface area contributed by atoms with Crippen molar-refractivity contribution in [3.05, 3.63) is 53.8 Å². The van der Waals surface area contributed by atoms with E-state index in [2.05, 4.69) is 9.80 Å². The SMILES string of the molecule is O=C(Cc1ccc2c(c1)OCO2)N1CCC[C@H](N2CCN(c3ccc(F)cc3)CC2)C1. The zero-order chi connectivity index (χ0) is 21.2. The van der Waals surface area contributed by atoms with Gasteiger partial charge in [0.05, 0.1) is 6.42 Å². The Morgan fingerprint density at radius 2 is 1.74 bits per heavy atom. The normalized spacial score (nSPS) is 21.4. The van der Waals surface area contributed by atoms with Crippen LogP contribution in [0.3, 0.4) is 0 Å². The predicted octanol–water partition coefficient (Wildman–Crippen LogP) is 2.91. The van der Waals surface area contributed by atoms with Gasteiger partial charge >= 0.3 is 0 Å². The highest BCUT2D eigenvalue weighted by Crippen LogP contribution is 2.32. The van der Waals surface area contributed by atoms with Crippen molar-refractivity contribution in [2.75, 3.05) is 51.0 Å². The minimum absolute atomic E-state index is 0.175. The number of hydrogen-bond acceptors (Lipinski definition) is 5. The number of piperazine rings is 1. The highest BCUT2D eigenvalue weighted by atomic mass is 19.1. The molecule has 2 aromatic rings. The molecular formula is C24H28FN3O3. The molecule has 3 aliphatic heterocycles. The molecule has 1 atom stereocenters. The second kappa shape index (κ2) is 8.75. The molecule has 2 saturated heterocycles. The molecule has 0 bridgehead atoms. The third-order valence-electron chi connectivity index (χ3n) is 6.56. The van der Waals surface area contributed by atoms with Crippen LogP contribution in [0.25, 0.3) is 0 Å². The summed E-state index contributed by atoms with van der Waals surface area (Å²) in [6, 6.07) is 12.9. The number of carbonyl (C=O) groups is 1. The summed E-state index contributed by atoms with van der Waals surface area (Å²) in [5.41, 5.74) is 2.04. The fraction of sp³-hybridized carbons (Fsp3) is 0.458. The van der Waals surface area contributed by atoms with Crippen molar-refractivity contribution < 1.29 is 18.7 Å². The molecular weight excluding hydrogens is 397 g/mol. The second-order valence-electron chi connectivity index (χ2n) is 8.50. The van der Waals surface area contributed by atoms with Crippen molar-refractivity contribution in [2.24, 2.45) is 0 Å². The van der Waals surface area contributed by atoms with Gasteiger partial charge in [0.15, 0.2) is 11.5 Å². The van der Waals surface area contributed by atoms with E-state index in [9.17, 15) is 9.18 Å². The summed E-state index contributed by atoms with van der Waals surface area (Å²) < 4.78 is 24.0. The number of hydrogen-bond donors (Lipinski definition) is 0. The molecule has 2 aromatic carbocycles. The molecule has 0 unspecified atom stereocenters. The van der Waals surface area contributed by atoms with Crippen molar-refractivity contribution in [1.29, 1.82) is 0 Å². The van der Waals surface area contributed by atoms with E-state index in [4.69, 9.17) is 9.47 Å². The Kier molecular flexibility index (Phi) is 5.68. The zero-order valence-corrected chi connectivity index (χ0v) is 17.6. The Hall–Kier alpha value is -2.80. The molecule has 6 nitrogen and oxygen atoms in total. The van der Waals surface area contributed by atoms with Gasteiger partial charge in [-0.25, -0.2) is 4.39 Å². The van der Waals surface area contributed by atoms with Crippen LogP contribution in [-0.4, -0.2) is 67.8 Å². The summed E-state index contributed by atoms with van der Waals surface area (Å²) in [5.74, 6) is 1.44. The Balaban J connectivity index is 1.15. The largest absolute Gasteiger partial charge is 0.454 e. The van der Waals surface area contributed by atoms with Crippen LogP contribution in [-0.2, 0) is 11.2 Å². The van der Waals surface area contributed by atoms with Gasteiger partial charge in [0.25, 0.3) is 0 Å². The lowest BCUT2D eigenvalue weighted by molar-refractivity contribution is -0.132. The van der Waals surface area contributed by atoms with Gasteiger partial charge in [0.1, 0.15) is 5.82 Å². The maximum atomic E-state index is 13.2. The quantitative estimate of drug-likeness (QED) is 0.754. The average molecular weight is 426 g/mol. The van der Waals surface area contributed by atoms with Crippen LogP contribution >= 0.6 is 0 Å². The van der Waals surface area contributed by atoms with Crippen molar-refractivity contribution in [1.82, 2.24) is 9.80 Å².